The molecule has 7 heteroatoms. The monoisotopic (exact) mass is 1070 g/mol. The van der Waals surface area contributed by atoms with Gasteiger partial charge in [-0.25, -0.2) is 4.57 Å². The van der Waals surface area contributed by atoms with Gasteiger partial charge in [0.1, 0.15) is 0 Å². The van der Waals surface area contributed by atoms with E-state index in [4.69, 9.17) is 4.52 Å². The topological polar surface area (TPSA) is 83.8 Å². The third-order valence-electron chi connectivity index (χ3n) is 14.7. The van der Waals surface area contributed by atoms with Gasteiger partial charge in [-0.15, -0.1) is 0 Å². The standard InChI is InChI=1S/C60H114IO5P/c1-4-7-10-13-16-19-22-25-28-31-34-37-40-43-46-49-52-56-55-57(53-50-47-44-41-38-35-32-29-26-23-20-17-14-11-8-5-2)59(61-62)60(66-67(63,64)65)58(56)54-51-48-45-42-39-36-33-30-27-24-21-18-15-12-9-6-3/h55H,4-54H2,1-3H3,(H2,63,64,65). The van der Waals surface area contributed by atoms with Gasteiger partial charge in [-0.05, 0) is 55.2 Å². The van der Waals surface area contributed by atoms with Gasteiger partial charge in [0.25, 0.3) is 0 Å². The molecule has 67 heavy (non-hydrogen) atoms. The molecule has 0 spiro atoms. The number of benzene rings is 1. The van der Waals surface area contributed by atoms with Crippen molar-refractivity contribution < 1.29 is 21.9 Å². The minimum absolute atomic E-state index is 0.276. The van der Waals surface area contributed by atoms with Gasteiger partial charge in [-0.2, -0.15) is 0 Å². The normalized spacial score (nSPS) is 11.9. The van der Waals surface area contributed by atoms with Gasteiger partial charge in [0.2, 0.25) is 0 Å². The molecule has 0 saturated carbocycles. The first kappa shape index (κ1) is 64.7. The highest BCUT2D eigenvalue weighted by Crippen LogP contribution is 2.45. The molecule has 0 amide bonds. The van der Waals surface area contributed by atoms with Crippen LogP contribution in [0.1, 0.15) is 346 Å². The largest absolute Gasteiger partial charge is 0.524 e. The van der Waals surface area contributed by atoms with E-state index in [0.717, 1.165) is 62.5 Å². The molecule has 0 aliphatic heterocycles. The summed E-state index contributed by atoms with van der Waals surface area (Å²) in [6.45, 7) is 6.87. The zero-order chi connectivity index (χ0) is 48.6. The van der Waals surface area contributed by atoms with Crippen molar-refractivity contribution >= 4 is 29.0 Å². The maximum atomic E-state index is 13.0. The maximum absolute atomic E-state index is 13.0. The molecule has 0 radical (unpaired) electrons. The highest BCUT2D eigenvalue weighted by Gasteiger charge is 2.26. The van der Waals surface area contributed by atoms with Crippen LogP contribution in [0.15, 0.2) is 6.07 Å². The summed E-state index contributed by atoms with van der Waals surface area (Å²) in [7, 11) is -4.82. The molecule has 0 unspecified atom stereocenters. The molecule has 0 saturated heterocycles. The Morgan fingerprint density at radius 2 is 0.582 bits per heavy atom. The van der Waals surface area contributed by atoms with Crippen LogP contribution in [0.3, 0.4) is 0 Å². The number of halogens is 1. The van der Waals surface area contributed by atoms with Gasteiger partial charge in [0.15, 0.2) is 26.9 Å². The Labute approximate surface area is 428 Å². The average molecular weight is 1070 g/mol. The number of phosphoric acid groups is 1. The lowest BCUT2D eigenvalue weighted by Gasteiger charge is -2.20. The Balaban J connectivity index is 2.68. The highest BCUT2D eigenvalue weighted by molar-refractivity contribution is 14.1. The zero-order valence-corrected chi connectivity index (χ0v) is 48.1. The predicted molar refractivity (Wildman–Crippen MR) is 302 cm³/mol. The summed E-state index contributed by atoms with van der Waals surface area (Å²) < 4.78 is 31.7. The number of hydrogen-bond donors (Lipinski definition) is 2. The molecule has 5 nitrogen and oxygen atoms in total. The summed E-state index contributed by atoms with van der Waals surface area (Å²) in [5.74, 6) is 0.276. The number of hydrogen-bond acceptors (Lipinski definition) is 3. The lowest BCUT2D eigenvalue weighted by atomic mass is 9.92. The van der Waals surface area contributed by atoms with Gasteiger partial charge in [-0.3, -0.25) is 12.9 Å². The molecule has 0 aromatic heterocycles. The van der Waals surface area contributed by atoms with E-state index in [0.29, 0.717) is 3.57 Å². The third kappa shape index (κ3) is 40.9. The summed E-state index contributed by atoms with van der Waals surface area (Å²) in [6, 6.07) is 2.29. The fourth-order valence-electron chi connectivity index (χ4n) is 10.3. The highest BCUT2D eigenvalue weighted by atomic mass is 127. The van der Waals surface area contributed by atoms with Crippen molar-refractivity contribution in [2.45, 2.75) is 348 Å². The van der Waals surface area contributed by atoms with E-state index < -0.39 is 29.0 Å². The van der Waals surface area contributed by atoms with E-state index in [1.807, 2.05) is 0 Å². The molecule has 0 aliphatic rings. The molecule has 0 fully saturated rings. The zero-order valence-electron chi connectivity index (χ0n) is 45.1. The number of rotatable bonds is 54. The predicted octanol–water partition coefficient (Wildman–Crippen LogP) is 22.1. The average Bonchev–Trinajstić information content (AvgIpc) is 3.31. The van der Waals surface area contributed by atoms with Crippen molar-refractivity contribution in [2.24, 2.45) is 0 Å². The van der Waals surface area contributed by atoms with E-state index in [1.54, 1.807) is 0 Å². The summed E-state index contributed by atoms with van der Waals surface area (Å²) >= 11 is -1.66. The summed E-state index contributed by atoms with van der Waals surface area (Å²) in [6.07, 6.45) is 66.1. The van der Waals surface area contributed by atoms with Crippen LogP contribution in [-0.2, 0) is 26.9 Å². The first-order chi connectivity index (χ1) is 32.9. The first-order valence-electron chi connectivity index (χ1n) is 30.1. The van der Waals surface area contributed by atoms with Crippen LogP contribution in [-0.4, -0.2) is 9.79 Å². The lowest BCUT2D eigenvalue weighted by Crippen LogP contribution is -2.07. The minimum Gasteiger partial charge on any atom is -0.403 e. The van der Waals surface area contributed by atoms with Gasteiger partial charge in [0.05, 0.1) is 3.57 Å². The van der Waals surface area contributed by atoms with Crippen molar-refractivity contribution in [3.63, 3.8) is 0 Å². The molecule has 0 heterocycles. The smallest absolute Gasteiger partial charge is 0.403 e. The Morgan fingerprint density at radius 3 is 0.821 bits per heavy atom. The summed E-state index contributed by atoms with van der Waals surface area (Å²) in [5.41, 5.74) is 3.12. The Morgan fingerprint density at radius 1 is 0.358 bits per heavy atom. The molecule has 1 aromatic rings. The van der Waals surface area contributed by atoms with Crippen LogP contribution in [0, 0.1) is 3.57 Å². The Bertz CT molecular complexity index is 1270. The fourth-order valence-corrected chi connectivity index (χ4v) is 12.3. The second kappa shape index (κ2) is 49.3. The van der Waals surface area contributed by atoms with E-state index in [-0.39, 0.29) is 5.75 Å². The molecular formula is C60H114IO5P. The molecule has 1 aromatic carbocycles. The number of unbranched alkanes of at least 4 members (excludes halogenated alkanes) is 45. The summed E-state index contributed by atoms with van der Waals surface area (Å²) in [4.78, 5) is 20.3. The van der Waals surface area contributed by atoms with Gasteiger partial charge >= 0.3 is 7.82 Å². The van der Waals surface area contributed by atoms with Crippen molar-refractivity contribution in [3.05, 3.63) is 26.3 Å². The van der Waals surface area contributed by atoms with Crippen molar-refractivity contribution in [1.82, 2.24) is 0 Å². The van der Waals surface area contributed by atoms with E-state index >= 15 is 0 Å². The van der Waals surface area contributed by atoms with Gasteiger partial charge < -0.3 is 4.52 Å². The molecule has 396 valence electrons. The molecular weight excluding hydrogens is 959 g/mol. The molecule has 0 aliphatic carbocycles. The van der Waals surface area contributed by atoms with E-state index in [2.05, 4.69) is 26.8 Å². The Hall–Kier alpha value is -0.300. The second-order valence-corrected chi connectivity index (χ2v) is 23.8. The van der Waals surface area contributed by atoms with Crippen LogP contribution in [0.25, 0.3) is 0 Å². The minimum atomic E-state index is -4.82. The molecule has 2 N–H and O–H groups in total. The Kier molecular flexibility index (Phi) is 47.6. The van der Waals surface area contributed by atoms with Gasteiger partial charge in [0, 0.05) is 0 Å². The molecule has 0 atom stereocenters. The van der Waals surface area contributed by atoms with E-state index in [1.165, 1.54) is 282 Å². The quantitative estimate of drug-likeness (QED) is 0.0386. The second-order valence-electron chi connectivity index (χ2n) is 21.1. The van der Waals surface area contributed by atoms with Crippen LogP contribution < -0.4 is 4.52 Å². The maximum Gasteiger partial charge on any atom is 0.524 e. The van der Waals surface area contributed by atoms with Gasteiger partial charge in [-0.1, -0.05) is 316 Å². The summed E-state index contributed by atoms with van der Waals surface area (Å²) in [5, 5.41) is 0. The molecule has 0 bridgehead atoms. The van der Waals surface area contributed by atoms with Crippen LogP contribution in [0.2, 0.25) is 0 Å². The fraction of sp³-hybridized carbons (Fsp3) is 0.900. The van der Waals surface area contributed by atoms with Crippen LogP contribution in [0.5, 0.6) is 5.75 Å². The lowest BCUT2D eigenvalue weighted by molar-refractivity contribution is 0.281. The first-order valence-corrected chi connectivity index (χ1v) is 33.6. The van der Waals surface area contributed by atoms with Crippen molar-refractivity contribution in [3.8, 4) is 5.75 Å². The third-order valence-corrected chi connectivity index (χ3v) is 16.7. The molecule has 1 rings (SSSR count). The van der Waals surface area contributed by atoms with Crippen LogP contribution in [0.4, 0.5) is 0 Å². The number of phosphoric ester groups is 1. The van der Waals surface area contributed by atoms with E-state index in [9.17, 15) is 17.4 Å². The van der Waals surface area contributed by atoms with Crippen molar-refractivity contribution in [1.29, 1.82) is 0 Å². The number of aryl methyl sites for hydroxylation is 2. The SMILES string of the molecule is CCCCCCCCCCCCCCCCCCc1cc(CCCCCCCCCCCCCCCCCC)c(I=O)c(OP(=O)(O)O)c1CCCCCCCCCCCCCCCCCC. The van der Waals surface area contributed by atoms with Crippen molar-refractivity contribution in [2.75, 3.05) is 0 Å². The van der Waals surface area contributed by atoms with Crippen LogP contribution >= 0.6 is 29.0 Å².